The van der Waals surface area contributed by atoms with Gasteiger partial charge in [-0.1, -0.05) is 18.2 Å². The van der Waals surface area contributed by atoms with Gasteiger partial charge in [-0.25, -0.2) is 4.98 Å². The van der Waals surface area contributed by atoms with E-state index < -0.39 is 0 Å². The zero-order valence-corrected chi connectivity index (χ0v) is 12.7. The van der Waals surface area contributed by atoms with Crippen LogP contribution in [0.5, 0.6) is 11.5 Å². The van der Waals surface area contributed by atoms with E-state index in [9.17, 15) is 5.11 Å². The van der Waals surface area contributed by atoms with Crippen LogP contribution in [-0.4, -0.2) is 17.2 Å². The first kappa shape index (κ1) is 13.6. The van der Waals surface area contributed by atoms with Crippen molar-refractivity contribution in [2.24, 2.45) is 0 Å². The molecule has 3 nitrogen and oxygen atoms in total. The molecule has 0 unspecified atom stereocenters. The molecule has 0 aliphatic rings. The van der Waals surface area contributed by atoms with Gasteiger partial charge in [0.15, 0.2) is 0 Å². The normalized spacial score (nSPS) is 11.0. The lowest BCUT2D eigenvalue weighted by Crippen LogP contribution is -1.90. The van der Waals surface area contributed by atoms with E-state index in [2.05, 4.69) is 0 Å². The number of hydrogen-bond donors (Lipinski definition) is 1. The van der Waals surface area contributed by atoms with E-state index in [4.69, 9.17) is 9.72 Å². The summed E-state index contributed by atoms with van der Waals surface area (Å²) in [7, 11) is 1.65. The molecule has 3 heteroatoms. The predicted octanol–water partition coefficient (Wildman–Crippen LogP) is 4.77. The molecule has 4 rings (SSSR count). The minimum absolute atomic E-state index is 0.259. The molecular formula is C20H15NO2. The molecule has 0 saturated heterocycles. The minimum Gasteiger partial charge on any atom is -0.508 e. The molecule has 112 valence electrons. The number of phenolic OH excluding ortho intramolecular Hbond substituents is 1. The summed E-state index contributed by atoms with van der Waals surface area (Å²) in [6, 6.07) is 21.3. The van der Waals surface area contributed by atoms with Gasteiger partial charge < -0.3 is 9.84 Å². The molecule has 0 aliphatic heterocycles. The number of phenols is 1. The van der Waals surface area contributed by atoms with Crippen LogP contribution >= 0.6 is 0 Å². The van der Waals surface area contributed by atoms with E-state index in [1.54, 1.807) is 19.2 Å². The van der Waals surface area contributed by atoms with Crippen LogP contribution in [0.4, 0.5) is 0 Å². The number of aromatic hydroxyl groups is 1. The Morgan fingerprint density at radius 2 is 1.61 bits per heavy atom. The highest BCUT2D eigenvalue weighted by molar-refractivity contribution is 6.11. The van der Waals surface area contributed by atoms with Gasteiger partial charge in [0.1, 0.15) is 11.5 Å². The topological polar surface area (TPSA) is 42.4 Å². The lowest BCUT2D eigenvalue weighted by Gasteiger charge is -2.11. The molecule has 1 aromatic heterocycles. The lowest BCUT2D eigenvalue weighted by atomic mass is 10.00. The average molecular weight is 301 g/mol. The monoisotopic (exact) mass is 301 g/mol. The molecule has 3 aromatic carbocycles. The molecule has 0 amide bonds. The van der Waals surface area contributed by atoms with Gasteiger partial charge in [-0.05, 0) is 53.9 Å². The number of aromatic nitrogens is 1. The summed E-state index contributed by atoms with van der Waals surface area (Å²) in [5, 5.41) is 12.9. The number of benzene rings is 3. The molecule has 0 atom stereocenters. The largest absolute Gasteiger partial charge is 0.508 e. The highest BCUT2D eigenvalue weighted by Crippen LogP contribution is 2.34. The predicted molar refractivity (Wildman–Crippen MR) is 92.9 cm³/mol. The van der Waals surface area contributed by atoms with Crippen LogP contribution in [-0.2, 0) is 0 Å². The third kappa shape index (κ3) is 2.27. The van der Waals surface area contributed by atoms with Gasteiger partial charge in [-0.15, -0.1) is 0 Å². The Kier molecular flexibility index (Phi) is 3.12. The number of pyridine rings is 1. The van der Waals surface area contributed by atoms with E-state index in [0.717, 1.165) is 38.7 Å². The number of methoxy groups -OCH3 is 1. The van der Waals surface area contributed by atoms with Crippen molar-refractivity contribution in [1.29, 1.82) is 0 Å². The summed E-state index contributed by atoms with van der Waals surface area (Å²) in [4.78, 5) is 4.84. The van der Waals surface area contributed by atoms with Gasteiger partial charge in [-0.2, -0.15) is 0 Å². The lowest BCUT2D eigenvalue weighted by molar-refractivity contribution is 0.415. The number of fused-ring (bicyclic) bond motifs is 3. The van der Waals surface area contributed by atoms with Crippen molar-refractivity contribution in [3.63, 3.8) is 0 Å². The second kappa shape index (κ2) is 5.29. The van der Waals surface area contributed by atoms with Crippen LogP contribution in [0.15, 0.2) is 66.7 Å². The molecule has 1 heterocycles. The van der Waals surface area contributed by atoms with Crippen molar-refractivity contribution in [2.75, 3.05) is 7.11 Å². The Hall–Kier alpha value is -3.07. The van der Waals surface area contributed by atoms with Crippen LogP contribution in [0.3, 0.4) is 0 Å². The van der Waals surface area contributed by atoms with E-state index in [1.807, 2.05) is 54.6 Å². The summed E-state index contributed by atoms with van der Waals surface area (Å²) < 4.78 is 5.23. The van der Waals surface area contributed by atoms with Gasteiger partial charge in [0.25, 0.3) is 0 Å². The summed E-state index contributed by atoms with van der Waals surface area (Å²) >= 11 is 0. The maximum absolute atomic E-state index is 9.88. The van der Waals surface area contributed by atoms with Gasteiger partial charge in [0.05, 0.1) is 18.3 Å². The van der Waals surface area contributed by atoms with Crippen LogP contribution < -0.4 is 4.74 Å². The first-order valence-corrected chi connectivity index (χ1v) is 7.42. The first-order valence-electron chi connectivity index (χ1n) is 7.42. The Bertz CT molecular complexity index is 1010. The number of ether oxygens (including phenoxy) is 1. The van der Waals surface area contributed by atoms with Gasteiger partial charge in [-0.3, -0.25) is 0 Å². The van der Waals surface area contributed by atoms with Gasteiger partial charge in [0.2, 0.25) is 0 Å². The van der Waals surface area contributed by atoms with Crippen molar-refractivity contribution in [1.82, 2.24) is 4.98 Å². The highest BCUT2D eigenvalue weighted by atomic mass is 16.5. The van der Waals surface area contributed by atoms with E-state index >= 15 is 0 Å². The van der Waals surface area contributed by atoms with E-state index in [1.165, 1.54) is 0 Å². The first-order chi connectivity index (χ1) is 11.3. The fraction of sp³-hybridized carbons (Fsp3) is 0.0500. The van der Waals surface area contributed by atoms with Crippen molar-refractivity contribution >= 4 is 21.7 Å². The number of para-hydroxylation sites is 1. The average Bonchev–Trinajstić information content (AvgIpc) is 2.61. The molecule has 1 N–H and O–H groups in total. The summed E-state index contributed by atoms with van der Waals surface area (Å²) in [6.07, 6.45) is 0. The molecule has 0 spiro atoms. The fourth-order valence-corrected chi connectivity index (χ4v) is 2.91. The van der Waals surface area contributed by atoms with Gasteiger partial charge >= 0.3 is 0 Å². The highest BCUT2D eigenvalue weighted by Gasteiger charge is 2.10. The molecule has 0 aliphatic carbocycles. The molecule has 0 bridgehead atoms. The number of nitrogens with zero attached hydrogens (tertiary/aromatic N) is 1. The molecular weight excluding hydrogens is 286 g/mol. The molecule has 23 heavy (non-hydrogen) atoms. The Balaban J connectivity index is 2.07. The molecule has 4 aromatic rings. The van der Waals surface area contributed by atoms with Crippen molar-refractivity contribution in [2.45, 2.75) is 0 Å². The number of hydrogen-bond acceptors (Lipinski definition) is 3. The zero-order chi connectivity index (χ0) is 15.8. The maximum Gasteiger partial charge on any atom is 0.118 e. The van der Waals surface area contributed by atoms with Crippen molar-refractivity contribution in [3.8, 4) is 22.8 Å². The minimum atomic E-state index is 0.259. The Morgan fingerprint density at radius 3 is 2.39 bits per heavy atom. The van der Waals surface area contributed by atoms with Crippen LogP contribution in [0.2, 0.25) is 0 Å². The summed E-state index contributed by atoms with van der Waals surface area (Å²) in [5.41, 5.74) is 2.84. The molecule has 0 saturated carbocycles. The van der Waals surface area contributed by atoms with Crippen molar-refractivity contribution < 1.29 is 9.84 Å². The molecule has 0 fully saturated rings. The van der Waals surface area contributed by atoms with Gasteiger partial charge in [0, 0.05) is 16.3 Å². The zero-order valence-electron chi connectivity index (χ0n) is 12.7. The SMILES string of the molecule is COc1ccc(-c2nc3ccccc3c3cc(O)ccc23)cc1. The summed E-state index contributed by atoms with van der Waals surface area (Å²) in [5.74, 6) is 1.08. The summed E-state index contributed by atoms with van der Waals surface area (Å²) in [6.45, 7) is 0. The maximum atomic E-state index is 9.88. The quantitative estimate of drug-likeness (QED) is 0.542. The van der Waals surface area contributed by atoms with E-state index in [-0.39, 0.29) is 5.75 Å². The number of rotatable bonds is 2. The Labute approximate surface area is 133 Å². The van der Waals surface area contributed by atoms with Crippen molar-refractivity contribution in [3.05, 3.63) is 66.7 Å². The second-order valence-electron chi connectivity index (χ2n) is 5.44. The van der Waals surface area contributed by atoms with Crippen LogP contribution in [0.1, 0.15) is 0 Å². The standard InChI is InChI=1S/C20H15NO2/c1-23-15-9-6-13(7-10-15)20-17-11-8-14(22)12-18(17)16-4-2-3-5-19(16)21-20/h2-12,22H,1H3. The third-order valence-corrected chi connectivity index (χ3v) is 4.05. The van der Waals surface area contributed by atoms with Crippen LogP contribution in [0, 0.1) is 0 Å². The molecule has 0 radical (unpaired) electrons. The Morgan fingerprint density at radius 1 is 0.826 bits per heavy atom. The fourth-order valence-electron chi connectivity index (χ4n) is 2.91. The smallest absolute Gasteiger partial charge is 0.118 e. The van der Waals surface area contributed by atoms with Crippen LogP contribution in [0.25, 0.3) is 32.9 Å². The second-order valence-corrected chi connectivity index (χ2v) is 5.44. The third-order valence-electron chi connectivity index (χ3n) is 4.05. The van der Waals surface area contributed by atoms with E-state index in [0.29, 0.717) is 0 Å².